The lowest BCUT2D eigenvalue weighted by molar-refractivity contribution is -0.140. The molecule has 0 unspecified atom stereocenters. The highest BCUT2D eigenvalue weighted by Crippen LogP contribution is 2.33. The predicted molar refractivity (Wildman–Crippen MR) is 78.8 cm³/mol. The van der Waals surface area contributed by atoms with Crippen molar-refractivity contribution < 1.29 is 9.53 Å². The van der Waals surface area contributed by atoms with Gasteiger partial charge in [-0.1, -0.05) is 31.9 Å². The Morgan fingerprint density at radius 3 is 2.84 bits per heavy atom. The van der Waals surface area contributed by atoms with Crippen molar-refractivity contribution in [1.29, 1.82) is 0 Å². The zero-order chi connectivity index (χ0) is 13.9. The van der Waals surface area contributed by atoms with Crippen LogP contribution < -0.4 is 0 Å². The van der Waals surface area contributed by atoms with Crippen LogP contribution in [0, 0.1) is 11.8 Å². The molecule has 0 aromatic rings. The average Bonchev–Trinajstić information content (AvgIpc) is 2.86. The highest BCUT2D eigenvalue weighted by Gasteiger charge is 2.22. The van der Waals surface area contributed by atoms with E-state index >= 15 is 0 Å². The maximum Gasteiger partial charge on any atom is 0.305 e. The first-order valence-corrected chi connectivity index (χ1v) is 7.42. The first kappa shape index (κ1) is 15.8. The molecule has 0 aromatic carbocycles. The van der Waals surface area contributed by atoms with Crippen molar-refractivity contribution >= 4 is 5.97 Å². The topological polar surface area (TPSA) is 26.3 Å². The van der Waals surface area contributed by atoms with Crippen molar-refractivity contribution in [2.75, 3.05) is 7.11 Å². The lowest BCUT2D eigenvalue weighted by Crippen LogP contribution is -2.01. The highest BCUT2D eigenvalue weighted by molar-refractivity contribution is 5.69. The molecule has 2 nitrogen and oxygen atoms in total. The highest BCUT2D eigenvalue weighted by atomic mass is 16.5. The Bertz CT molecular complexity index is 348. The molecule has 19 heavy (non-hydrogen) atoms. The van der Waals surface area contributed by atoms with Gasteiger partial charge in [0.1, 0.15) is 0 Å². The van der Waals surface area contributed by atoms with Gasteiger partial charge in [0, 0.05) is 6.42 Å². The molecular weight excluding hydrogens is 236 g/mol. The van der Waals surface area contributed by atoms with Gasteiger partial charge in [-0.15, -0.1) is 5.73 Å². The lowest BCUT2D eigenvalue weighted by Gasteiger charge is -2.09. The average molecular weight is 262 g/mol. The summed E-state index contributed by atoms with van der Waals surface area (Å²) in [6, 6.07) is 0. The Balaban J connectivity index is 2.37. The van der Waals surface area contributed by atoms with E-state index in [-0.39, 0.29) is 5.97 Å². The van der Waals surface area contributed by atoms with Crippen LogP contribution in [-0.2, 0) is 9.53 Å². The summed E-state index contributed by atoms with van der Waals surface area (Å²) in [5.74, 6) is 1.16. The number of allylic oxidation sites excluding steroid dienone is 3. The number of ether oxygens (including phenoxy) is 1. The molecule has 0 N–H and O–H groups in total. The van der Waals surface area contributed by atoms with Gasteiger partial charge in [0.15, 0.2) is 0 Å². The molecule has 1 saturated carbocycles. The molecule has 0 heterocycles. The molecule has 1 fully saturated rings. The molecule has 0 radical (unpaired) electrons. The van der Waals surface area contributed by atoms with Gasteiger partial charge in [-0.25, -0.2) is 0 Å². The molecule has 0 spiro atoms. The van der Waals surface area contributed by atoms with Gasteiger partial charge >= 0.3 is 5.97 Å². The number of hydrogen-bond donors (Lipinski definition) is 0. The number of carbonyl (C=O) groups is 1. The molecule has 2 atom stereocenters. The summed E-state index contributed by atoms with van der Waals surface area (Å²) in [6.45, 7) is 2.21. The summed E-state index contributed by atoms with van der Waals surface area (Å²) in [7, 11) is 1.42. The smallest absolute Gasteiger partial charge is 0.305 e. The zero-order valence-corrected chi connectivity index (χ0v) is 12.2. The van der Waals surface area contributed by atoms with E-state index in [9.17, 15) is 4.79 Å². The second kappa shape index (κ2) is 9.63. The SMILES string of the molecule is CCCC=C[C@H]1CCC[C@@H]1C=C=CCCC(=O)OC. The molecule has 1 aliphatic rings. The molecular formula is C17H26O2. The van der Waals surface area contributed by atoms with E-state index in [2.05, 4.69) is 35.6 Å². The predicted octanol–water partition coefficient (Wildman–Crippen LogP) is 4.42. The van der Waals surface area contributed by atoms with E-state index < -0.39 is 0 Å². The second-order valence-corrected chi connectivity index (χ2v) is 5.13. The Kier molecular flexibility index (Phi) is 8.00. The molecule has 1 aliphatic carbocycles. The molecule has 1 rings (SSSR count). The third-order valence-corrected chi connectivity index (χ3v) is 3.61. The number of rotatable bonds is 7. The van der Waals surface area contributed by atoms with E-state index in [1.54, 1.807) is 0 Å². The minimum absolute atomic E-state index is 0.153. The minimum Gasteiger partial charge on any atom is -0.469 e. The summed E-state index contributed by atoms with van der Waals surface area (Å²) in [5.41, 5.74) is 3.24. The van der Waals surface area contributed by atoms with Crippen LogP contribution in [0.5, 0.6) is 0 Å². The van der Waals surface area contributed by atoms with E-state index in [0.29, 0.717) is 24.7 Å². The van der Waals surface area contributed by atoms with Crippen LogP contribution in [0.2, 0.25) is 0 Å². The van der Waals surface area contributed by atoms with Gasteiger partial charge in [0.25, 0.3) is 0 Å². The summed E-state index contributed by atoms with van der Waals surface area (Å²) in [4.78, 5) is 10.9. The fourth-order valence-electron chi connectivity index (χ4n) is 2.47. The van der Waals surface area contributed by atoms with Crippen LogP contribution >= 0.6 is 0 Å². The maximum absolute atomic E-state index is 10.9. The first-order chi connectivity index (χ1) is 9.27. The Hall–Kier alpha value is -1.27. The minimum atomic E-state index is -0.153. The van der Waals surface area contributed by atoms with Crippen LogP contribution in [0.1, 0.15) is 51.9 Å². The van der Waals surface area contributed by atoms with E-state index in [4.69, 9.17) is 0 Å². The third-order valence-electron chi connectivity index (χ3n) is 3.61. The number of carbonyl (C=O) groups excluding carboxylic acids is 1. The Labute approximate surface area is 117 Å². The normalized spacial score (nSPS) is 22.2. The molecule has 0 bridgehead atoms. The van der Waals surface area contributed by atoms with Crippen LogP contribution in [0.15, 0.2) is 30.0 Å². The van der Waals surface area contributed by atoms with Crippen LogP contribution in [0.3, 0.4) is 0 Å². The van der Waals surface area contributed by atoms with Crippen LogP contribution in [0.25, 0.3) is 0 Å². The zero-order valence-electron chi connectivity index (χ0n) is 12.2. The van der Waals surface area contributed by atoms with Gasteiger partial charge in [-0.3, -0.25) is 4.79 Å². The second-order valence-electron chi connectivity index (χ2n) is 5.13. The van der Waals surface area contributed by atoms with E-state index in [0.717, 1.165) is 0 Å². The molecule has 0 aromatic heterocycles. The van der Waals surface area contributed by atoms with Gasteiger partial charge in [0.2, 0.25) is 0 Å². The van der Waals surface area contributed by atoms with E-state index in [1.165, 1.54) is 39.2 Å². The van der Waals surface area contributed by atoms with Gasteiger partial charge in [0.05, 0.1) is 7.11 Å². The summed E-state index contributed by atoms with van der Waals surface area (Å²) < 4.78 is 4.60. The van der Waals surface area contributed by atoms with E-state index in [1.807, 2.05) is 6.08 Å². The largest absolute Gasteiger partial charge is 0.469 e. The molecule has 0 saturated heterocycles. The third kappa shape index (κ3) is 6.45. The van der Waals surface area contributed by atoms with Crippen molar-refractivity contribution in [1.82, 2.24) is 0 Å². The van der Waals surface area contributed by atoms with Crippen molar-refractivity contribution in [3.8, 4) is 0 Å². The molecule has 0 amide bonds. The van der Waals surface area contributed by atoms with Crippen LogP contribution in [0.4, 0.5) is 0 Å². The fourth-order valence-corrected chi connectivity index (χ4v) is 2.47. The number of esters is 1. The monoisotopic (exact) mass is 262 g/mol. The van der Waals surface area contributed by atoms with Crippen LogP contribution in [-0.4, -0.2) is 13.1 Å². The van der Waals surface area contributed by atoms with Crippen molar-refractivity contribution in [2.24, 2.45) is 11.8 Å². The molecule has 106 valence electrons. The summed E-state index contributed by atoms with van der Waals surface area (Å²) >= 11 is 0. The van der Waals surface area contributed by atoms with Gasteiger partial charge in [-0.2, -0.15) is 0 Å². The first-order valence-electron chi connectivity index (χ1n) is 7.42. The Morgan fingerprint density at radius 2 is 2.11 bits per heavy atom. The summed E-state index contributed by atoms with van der Waals surface area (Å²) in [6.07, 6.45) is 16.3. The lowest BCUT2D eigenvalue weighted by atomic mass is 9.95. The van der Waals surface area contributed by atoms with Crippen molar-refractivity contribution in [3.63, 3.8) is 0 Å². The van der Waals surface area contributed by atoms with Gasteiger partial charge < -0.3 is 4.74 Å². The standard InChI is InChI=1S/C17H26O2/c1-3-4-6-10-15-12-9-13-16(15)11-7-5-8-14-17(18)19-2/h5-6,10-11,15-16H,3-4,8-9,12-14H2,1-2H3/t7?,15-,16-/m0/s1. The molecule has 0 aliphatic heterocycles. The number of unbranched alkanes of at least 4 members (excludes halogenated alkanes) is 1. The quantitative estimate of drug-likeness (QED) is 0.385. The van der Waals surface area contributed by atoms with Crippen molar-refractivity contribution in [3.05, 3.63) is 30.0 Å². The molecule has 2 heteroatoms. The fraction of sp³-hybridized carbons (Fsp3) is 0.647. The maximum atomic E-state index is 10.9. The summed E-state index contributed by atoms with van der Waals surface area (Å²) in [5, 5.41) is 0. The Morgan fingerprint density at radius 1 is 1.32 bits per heavy atom. The van der Waals surface area contributed by atoms with Gasteiger partial charge in [-0.05, 0) is 49.7 Å². The van der Waals surface area contributed by atoms with Crippen molar-refractivity contribution in [2.45, 2.75) is 51.9 Å². The number of methoxy groups -OCH3 is 1. The number of hydrogen-bond acceptors (Lipinski definition) is 2.